The molecule has 1 aliphatic carbocycles. The molecule has 17 heavy (non-hydrogen) atoms. The molecule has 0 bridgehead atoms. The van der Waals surface area contributed by atoms with Gasteiger partial charge in [-0.3, -0.25) is 4.79 Å². The van der Waals surface area contributed by atoms with E-state index in [0.717, 1.165) is 19.4 Å². The topological polar surface area (TPSA) is 38.3 Å². The van der Waals surface area contributed by atoms with Crippen LogP contribution in [0.4, 0.5) is 0 Å². The molecule has 0 spiro atoms. The summed E-state index contributed by atoms with van der Waals surface area (Å²) in [7, 11) is 0. The van der Waals surface area contributed by atoms with Gasteiger partial charge < -0.3 is 10.1 Å². The Labute approximate surface area is 112 Å². The number of nitrogens with one attached hydrogen (secondary N) is 1. The van der Waals surface area contributed by atoms with E-state index < -0.39 is 0 Å². The molecule has 3 nitrogen and oxygen atoms in total. The molecule has 1 saturated carbocycles. The summed E-state index contributed by atoms with van der Waals surface area (Å²) in [5.41, 5.74) is 0. The van der Waals surface area contributed by atoms with Crippen LogP contribution in [-0.4, -0.2) is 29.5 Å². The lowest BCUT2D eigenvalue weighted by Gasteiger charge is -2.27. The van der Waals surface area contributed by atoms with E-state index in [2.05, 4.69) is 21.2 Å². The molecule has 4 unspecified atom stereocenters. The van der Waals surface area contributed by atoms with Crippen LogP contribution in [0, 0.1) is 5.92 Å². The maximum atomic E-state index is 11.9. The quantitative estimate of drug-likeness (QED) is 0.814. The maximum Gasteiger partial charge on any atom is 0.249 e. The van der Waals surface area contributed by atoms with E-state index in [-0.39, 0.29) is 18.1 Å². The summed E-state index contributed by atoms with van der Waals surface area (Å²) in [5.74, 6) is 0.672. The van der Waals surface area contributed by atoms with Crippen molar-refractivity contribution in [3.8, 4) is 0 Å². The van der Waals surface area contributed by atoms with Crippen molar-refractivity contribution in [1.82, 2.24) is 5.32 Å². The Hall–Kier alpha value is -0.0900. The second-order valence-corrected chi connectivity index (χ2v) is 6.49. The monoisotopic (exact) mass is 303 g/mol. The van der Waals surface area contributed by atoms with Gasteiger partial charge in [0.1, 0.15) is 6.10 Å². The highest BCUT2D eigenvalue weighted by Gasteiger charge is 2.29. The Morgan fingerprint density at radius 1 is 1.29 bits per heavy atom. The van der Waals surface area contributed by atoms with E-state index in [1.54, 1.807) is 0 Å². The standard InChI is InChI=1S/C13H22BrNO2/c1-9-6-7-12(17-9)13(16)15-8-10-4-2-3-5-11(10)14/h9-12H,2-8H2,1H3,(H,15,16). The van der Waals surface area contributed by atoms with Crippen molar-refractivity contribution >= 4 is 21.8 Å². The van der Waals surface area contributed by atoms with E-state index in [9.17, 15) is 4.79 Å². The largest absolute Gasteiger partial charge is 0.365 e. The van der Waals surface area contributed by atoms with Gasteiger partial charge in [-0.2, -0.15) is 0 Å². The van der Waals surface area contributed by atoms with Gasteiger partial charge in [0.15, 0.2) is 0 Å². The third-order valence-corrected chi connectivity index (χ3v) is 5.08. The van der Waals surface area contributed by atoms with Gasteiger partial charge >= 0.3 is 0 Å². The van der Waals surface area contributed by atoms with Crippen LogP contribution >= 0.6 is 15.9 Å². The number of carbonyl (C=O) groups is 1. The summed E-state index contributed by atoms with van der Waals surface area (Å²) in [6, 6.07) is 0. The van der Waals surface area contributed by atoms with Crippen LogP contribution in [0.1, 0.15) is 45.4 Å². The van der Waals surface area contributed by atoms with E-state index in [0.29, 0.717) is 10.7 Å². The minimum absolute atomic E-state index is 0.0830. The lowest BCUT2D eigenvalue weighted by Crippen LogP contribution is -2.40. The van der Waals surface area contributed by atoms with Crippen LogP contribution < -0.4 is 5.32 Å². The summed E-state index contributed by atoms with van der Waals surface area (Å²) in [6.45, 7) is 2.83. The van der Waals surface area contributed by atoms with Gasteiger partial charge in [0.25, 0.3) is 0 Å². The number of halogens is 1. The Balaban J connectivity index is 1.72. The number of rotatable bonds is 3. The highest BCUT2D eigenvalue weighted by Crippen LogP contribution is 2.29. The highest BCUT2D eigenvalue weighted by atomic mass is 79.9. The molecule has 98 valence electrons. The molecule has 0 aromatic rings. The van der Waals surface area contributed by atoms with Crippen LogP contribution in [0.15, 0.2) is 0 Å². The Morgan fingerprint density at radius 3 is 2.71 bits per heavy atom. The first-order valence-corrected chi connectivity index (χ1v) is 7.65. The zero-order chi connectivity index (χ0) is 12.3. The number of hydrogen-bond acceptors (Lipinski definition) is 2. The third-order valence-electron chi connectivity index (χ3n) is 3.88. The van der Waals surface area contributed by atoms with Crippen molar-refractivity contribution < 1.29 is 9.53 Å². The Bertz CT molecular complexity index is 272. The van der Waals surface area contributed by atoms with Gasteiger partial charge in [-0.25, -0.2) is 0 Å². The predicted octanol–water partition coefficient (Wildman–Crippen LogP) is 2.62. The van der Waals surface area contributed by atoms with Gasteiger partial charge in [0.2, 0.25) is 5.91 Å². The molecule has 1 heterocycles. The zero-order valence-electron chi connectivity index (χ0n) is 10.5. The zero-order valence-corrected chi connectivity index (χ0v) is 12.0. The van der Waals surface area contributed by atoms with Crippen molar-refractivity contribution in [2.75, 3.05) is 6.54 Å². The Morgan fingerprint density at radius 2 is 2.06 bits per heavy atom. The second-order valence-electron chi connectivity index (χ2n) is 5.32. The number of ether oxygens (including phenoxy) is 1. The SMILES string of the molecule is CC1CCC(C(=O)NCC2CCCCC2Br)O1. The molecule has 1 aliphatic heterocycles. The number of hydrogen-bond donors (Lipinski definition) is 1. The van der Waals surface area contributed by atoms with E-state index >= 15 is 0 Å². The average Bonchev–Trinajstić information content (AvgIpc) is 2.74. The molecular formula is C13H22BrNO2. The molecule has 0 radical (unpaired) electrons. The van der Waals surface area contributed by atoms with Gasteiger partial charge in [0.05, 0.1) is 6.10 Å². The first-order valence-electron chi connectivity index (χ1n) is 6.74. The molecule has 0 aromatic heterocycles. The van der Waals surface area contributed by atoms with Crippen LogP contribution in [0.5, 0.6) is 0 Å². The minimum Gasteiger partial charge on any atom is -0.365 e. The smallest absolute Gasteiger partial charge is 0.249 e. The fourth-order valence-electron chi connectivity index (χ4n) is 2.73. The van der Waals surface area contributed by atoms with Gasteiger partial charge in [0, 0.05) is 11.4 Å². The van der Waals surface area contributed by atoms with Crippen molar-refractivity contribution in [1.29, 1.82) is 0 Å². The van der Waals surface area contributed by atoms with Gasteiger partial charge in [-0.05, 0) is 38.5 Å². The molecule has 1 saturated heterocycles. The predicted molar refractivity (Wildman–Crippen MR) is 71.3 cm³/mol. The number of alkyl halides is 1. The third kappa shape index (κ3) is 3.68. The van der Waals surface area contributed by atoms with Crippen LogP contribution in [-0.2, 0) is 9.53 Å². The molecule has 1 N–H and O–H groups in total. The van der Waals surface area contributed by atoms with Crippen molar-refractivity contribution in [3.05, 3.63) is 0 Å². The lowest BCUT2D eigenvalue weighted by molar-refractivity contribution is -0.131. The molecule has 2 aliphatic rings. The summed E-state index contributed by atoms with van der Waals surface area (Å²) in [5, 5.41) is 3.05. The van der Waals surface area contributed by atoms with Crippen LogP contribution in [0.25, 0.3) is 0 Å². The molecule has 4 heteroatoms. The van der Waals surface area contributed by atoms with E-state index in [1.165, 1.54) is 25.7 Å². The molecule has 1 amide bonds. The maximum absolute atomic E-state index is 11.9. The normalized spacial score (nSPS) is 38.0. The summed E-state index contributed by atoms with van der Waals surface area (Å²) >= 11 is 3.72. The summed E-state index contributed by atoms with van der Waals surface area (Å²) < 4.78 is 5.57. The lowest BCUT2D eigenvalue weighted by atomic mass is 9.89. The Kier molecular flexibility index (Phi) is 4.86. The van der Waals surface area contributed by atoms with Crippen molar-refractivity contribution in [2.24, 2.45) is 5.92 Å². The van der Waals surface area contributed by atoms with Gasteiger partial charge in [-0.1, -0.05) is 28.8 Å². The highest BCUT2D eigenvalue weighted by molar-refractivity contribution is 9.09. The van der Waals surface area contributed by atoms with E-state index in [1.807, 2.05) is 6.92 Å². The van der Waals surface area contributed by atoms with Crippen molar-refractivity contribution in [2.45, 2.75) is 62.5 Å². The van der Waals surface area contributed by atoms with Crippen molar-refractivity contribution in [3.63, 3.8) is 0 Å². The molecule has 2 fully saturated rings. The second kappa shape index (κ2) is 6.19. The summed E-state index contributed by atoms with van der Waals surface area (Å²) in [6.07, 6.45) is 6.96. The molecule has 4 atom stereocenters. The first-order chi connectivity index (χ1) is 8.16. The fraction of sp³-hybridized carbons (Fsp3) is 0.923. The fourth-order valence-corrected chi connectivity index (χ4v) is 3.51. The van der Waals surface area contributed by atoms with E-state index in [4.69, 9.17) is 4.74 Å². The summed E-state index contributed by atoms with van der Waals surface area (Å²) in [4.78, 5) is 12.5. The van der Waals surface area contributed by atoms with Crippen LogP contribution in [0.3, 0.4) is 0 Å². The average molecular weight is 304 g/mol. The number of carbonyl (C=O) groups excluding carboxylic acids is 1. The molecule has 2 rings (SSSR count). The van der Waals surface area contributed by atoms with Gasteiger partial charge in [-0.15, -0.1) is 0 Å². The molecular weight excluding hydrogens is 282 g/mol. The van der Waals surface area contributed by atoms with Crippen LogP contribution in [0.2, 0.25) is 0 Å². The minimum atomic E-state index is -0.206. The molecule has 0 aromatic carbocycles. The first kappa shape index (κ1) is 13.3. The number of amides is 1.